The number of rotatable bonds is 15. The summed E-state index contributed by atoms with van der Waals surface area (Å²) >= 11 is 46.4. The van der Waals surface area contributed by atoms with Gasteiger partial charge in [0, 0.05) is 131 Å². The first-order valence-corrected chi connectivity index (χ1v) is 23.3. The van der Waals surface area contributed by atoms with Gasteiger partial charge in [0.25, 0.3) is 17.8 Å². The maximum Gasteiger partial charge on any atom is 0.253 e. The fraction of sp³-hybridized carbons (Fsp3) is 0. The van der Waals surface area contributed by atoms with Crippen molar-refractivity contribution in [1.29, 1.82) is 0 Å². The molecule has 7 aromatic rings. The first-order valence-electron chi connectivity index (χ1n) is 16.4. The summed E-state index contributed by atoms with van der Waals surface area (Å²) in [5, 5.41) is 3.77. The summed E-state index contributed by atoms with van der Waals surface area (Å²) < 4.78 is 5.83. The van der Waals surface area contributed by atoms with Crippen LogP contribution in [-0.4, -0.2) is 15.0 Å². The minimum absolute atomic E-state index is 0.367. The van der Waals surface area contributed by atoms with Crippen molar-refractivity contribution in [3.8, 4) is 0 Å². The number of benzene rings is 6. The third-order valence-corrected chi connectivity index (χ3v) is 14.8. The van der Waals surface area contributed by atoms with E-state index in [2.05, 4.69) is 0 Å². The van der Waals surface area contributed by atoms with Crippen molar-refractivity contribution >= 4 is 159 Å². The molecule has 1 aromatic heterocycles. The molecule has 18 heteroatoms. The van der Waals surface area contributed by atoms with Crippen molar-refractivity contribution in [1.82, 2.24) is 15.0 Å². The van der Waals surface area contributed by atoms with Crippen LogP contribution >= 0.6 is 141 Å². The maximum absolute atomic E-state index is 6.30. The molecule has 57 heavy (non-hydrogen) atoms. The monoisotopic (exact) mass is 978 g/mol. The van der Waals surface area contributed by atoms with E-state index in [0.29, 0.717) is 48.0 Å². The molecule has 288 valence electrons. The molecule has 0 unspecified atom stereocenters. The van der Waals surface area contributed by atoms with Crippen LogP contribution in [0.25, 0.3) is 0 Å². The van der Waals surface area contributed by atoms with Gasteiger partial charge in [-0.25, -0.2) is 11.1 Å². The summed E-state index contributed by atoms with van der Waals surface area (Å²) in [5.74, 6) is 1.10. The third kappa shape index (κ3) is 12.8. The van der Waals surface area contributed by atoms with Crippen molar-refractivity contribution in [2.45, 2.75) is 29.4 Å². The molecule has 0 aliphatic heterocycles. The Labute approximate surface area is 386 Å². The summed E-state index contributed by atoms with van der Waals surface area (Å²) in [6.45, 7) is 0. The van der Waals surface area contributed by atoms with Crippen molar-refractivity contribution in [3.05, 3.63) is 176 Å². The molecule has 0 aliphatic carbocycles. The third-order valence-electron chi connectivity index (χ3n) is 7.10. The molecule has 0 atom stereocenters. The van der Waals surface area contributed by atoms with Crippen LogP contribution in [0.5, 0.6) is 0 Å². The van der Waals surface area contributed by atoms with Crippen LogP contribution in [-0.2, 0) is 0 Å². The Hall–Kier alpha value is -2.43. The van der Waals surface area contributed by atoms with Gasteiger partial charge in [0.1, 0.15) is 0 Å². The van der Waals surface area contributed by atoms with Gasteiger partial charge in [0.05, 0.1) is 0 Å². The largest absolute Gasteiger partial charge is 0.253 e. The molecule has 0 amide bonds. The molecule has 0 saturated carbocycles. The number of halogens is 6. The predicted molar refractivity (Wildman–Crippen MR) is 251 cm³/mol. The molecule has 1 heterocycles. The Kier molecular flexibility index (Phi) is 15.5. The van der Waals surface area contributed by atoms with Gasteiger partial charge in [-0.15, -0.1) is 0 Å². The standard InChI is InChI=1S/C39H24Cl6N6S6/c40-25-1-13-31(14-2-25)52-49(53-32-15-3-26(41)4-16-32)37-46-38(50(54-33-17-5-27(42)6-18-33)55-34-19-7-28(43)8-20-34)48-39(47-37)51(56-35-21-9-29(44)10-22-35)57-36-23-11-30(45)12-24-36/h1-24H. The van der Waals surface area contributed by atoms with E-state index in [1.165, 1.54) is 71.7 Å². The van der Waals surface area contributed by atoms with Gasteiger partial charge >= 0.3 is 0 Å². The Morgan fingerprint density at radius 3 is 0.526 bits per heavy atom. The number of hydrogen-bond donors (Lipinski definition) is 0. The van der Waals surface area contributed by atoms with Gasteiger partial charge in [0.2, 0.25) is 0 Å². The smallest absolute Gasteiger partial charge is 0.215 e. The molecule has 6 aromatic carbocycles. The summed E-state index contributed by atoms with van der Waals surface area (Å²) in [7, 11) is 0. The van der Waals surface area contributed by atoms with Crippen LogP contribution in [0.3, 0.4) is 0 Å². The van der Waals surface area contributed by atoms with Gasteiger partial charge in [-0.3, -0.25) is 0 Å². The maximum atomic E-state index is 6.30. The quantitative estimate of drug-likeness (QED) is 0.0920. The van der Waals surface area contributed by atoms with Gasteiger partial charge in [0.15, 0.2) is 0 Å². The van der Waals surface area contributed by atoms with Gasteiger partial charge in [-0.2, -0.15) is 15.0 Å². The molecule has 0 aliphatic rings. The van der Waals surface area contributed by atoms with Crippen LogP contribution in [0.4, 0.5) is 17.8 Å². The molecule has 0 fully saturated rings. The summed E-state index contributed by atoms with van der Waals surface area (Å²) in [4.78, 5) is 21.0. The molecule has 6 nitrogen and oxygen atoms in total. The minimum Gasteiger partial charge on any atom is -0.215 e. The van der Waals surface area contributed by atoms with E-state index in [0.717, 1.165) is 29.4 Å². The fourth-order valence-corrected chi connectivity index (χ4v) is 10.9. The molecule has 0 radical (unpaired) electrons. The highest BCUT2D eigenvalue weighted by Crippen LogP contribution is 2.45. The molecule has 0 bridgehead atoms. The van der Waals surface area contributed by atoms with E-state index in [4.69, 9.17) is 84.6 Å². The fourth-order valence-electron chi connectivity index (χ4n) is 4.44. The van der Waals surface area contributed by atoms with E-state index in [9.17, 15) is 0 Å². The topological polar surface area (TPSA) is 48.4 Å². The average Bonchev–Trinajstić information content (AvgIpc) is 3.22. The lowest BCUT2D eigenvalue weighted by Gasteiger charge is -2.26. The van der Waals surface area contributed by atoms with E-state index in [1.54, 1.807) is 0 Å². The van der Waals surface area contributed by atoms with Crippen LogP contribution in [0.2, 0.25) is 30.1 Å². The predicted octanol–water partition coefficient (Wildman–Crippen LogP) is 16.5. The zero-order chi connectivity index (χ0) is 39.7. The Balaban J connectivity index is 1.39. The van der Waals surface area contributed by atoms with Gasteiger partial charge < -0.3 is 0 Å². The lowest BCUT2D eigenvalue weighted by Crippen LogP contribution is -2.18. The zero-order valence-electron chi connectivity index (χ0n) is 28.8. The minimum atomic E-state index is 0.367. The highest BCUT2D eigenvalue weighted by atomic mass is 35.5. The van der Waals surface area contributed by atoms with Crippen LogP contribution < -0.4 is 11.1 Å². The van der Waals surface area contributed by atoms with E-state index < -0.39 is 0 Å². The van der Waals surface area contributed by atoms with Crippen molar-refractivity contribution in [2.24, 2.45) is 0 Å². The number of hydrogen-bond acceptors (Lipinski definition) is 12. The normalized spacial score (nSPS) is 11.1. The Morgan fingerprint density at radius 1 is 0.246 bits per heavy atom. The van der Waals surface area contributed by atoms with Crippen LogP contribution in [0, 0.1) is 0 Å². The second-order valence-electron chi connectivity index (χ2n) is 11.3. The van der Waals surface area contributed by atoms with Crippen molar-refractivity contribution in [3.63, 3.8) is 0 Å². The summed E-state index contributed by atoms with van der Waals surface area (Å²) in [6.07, 6.45) is 0. The van der Waals surface area contributed by atoms with Crippen molar-refractivity contribution in [2.75, 3.05) is 11.1 Å². The molecular formula is C39H24Cl6N6S6. The van der Waals surface area contributed by atoms with Crippen molar-refractivity contribution < 1.29 is 0 Å². The average molecular weight is 982 g/mol. The second-order valence-corrected chi connectivity index (χ2v) is 20.7. The molecule has 0 N–H and O–H groups in total. The lowest BCUT2D eigenvalue weighted by atomic mass is 10.4. The molecule has 7 rings (SSSR count). The highest BCUT2D eigenvalue weighted by Gasteiger charge is 2.26. The second kappa shape index (κ2) is 20.7. The van der Waals surface area contributed by atoms with Crippen LogP contribution in [0.1, 0.15) is 0 Å². The summed E-state index contributed by atoms with van der Waals surface area (Å²) in [6, 6.07) is 45.5. The number of anilines is 3. The highest BCUT2D eigenvalue weighted by molar-refractivity contribution is 8.19. The lowest BCUT2D eigenvalue weighted by molar-refractivity contribution is 1.05. The summed E-state index contributed by atoms with van der Waals surface area (Å²) in [5.41, 5.74) is 0. The number of aromatic nitrogens is 3. The molecule has 0 spiro atoms. The Morgan fingerprint density at radius 2 is 0.386 bits per heavy atom. The molecular weight excluding hydrogens is 958 g/mol. The van der Waals surface area contributed by atoms with Crippen LogP contribution in [0.15, 0.2) is 175 Å². The van der Waals surface area contributed by atoms with E-state index >= 15 is 0 Å². The SMILES string of the molecule is Clc1ccc(SN(Sc2ccc(Cl)cc2)c2nc(N(Sc3ccc(Cl)cc3)Sc3ccc(Cl)cc3)nc(N(Sc3ccc(Cl)cc3)Sc3ccc(Cl)cc3)n2)cc1. The molecule has 0 saturated heterocycles. The first-order chi connectivity index (χ1) is 27.6. The Bertz CT molecular complexity index is 1960. The van der Waals surface area contributed by atoms with Gasteiger partial charge in [-0.05, 0) is 146 Å². The number of nitrogens with zero attached hydrogens (tertiary/aromatic N) is 6. The van der Waals surface area contributed by atoms with E-state index in [-0.39, 0.29) is 0 Å². The van der Waals surface area contributed by atoms with E-state index in [1.807, 2.05) is 157 Å². The van der Waals surface area contributed by atoms with Gasteiger partial charge in [-0.1, -0.05) is 69.6 Å². The first kappa shape index (κ1) is 42.7. The zero-order valence-corrected chi connectivity index (χ0v) is 38.2.